The molecular formula is C17H22N2O3. The number of nitrogens with one attached hydrogen (secondary N) is 1. The first-order valence-corrected chi connectivity index (χ1v) is 7.52. The molecule has 0 fully saturated rings. The summed E-state index contributed by atoms with van der Waals surface area (Å²) < 4.78 is 10.9. The van der Waals surface area contributed by atoms with Gasteiger partial charge in [0.15, 0.2) is 0 Å². The average molecular weight is 302 g/mol. The van der Waals surface area contributed by atoms with E-state index in [1.807, 2.05) is 38.1 Å². The molecule has 5 heteroatoms. The Morgan fingerprint density at radius 1 is 1.27 bits per heavy atom. The number of carbonyl (C=O) groups is 1. The maximum atomic E-state index is 11.7. The van der Waals surface area contributed by atoms with Crippen LogP contribution < -0.4 is 5.32 Å². The van der Waals surface area contributed by atoms with Crippen molar-refractivity contribution in [1.29, 1.82) is 0 Å². The Hall–Kier alpha value is -2.14. The minimum atomic E-state index is -0.147. The average Bonchev–Trinajstić information content (AvgIpc) is 2.84. The summed E-state index contributed by atoms with van der Waals surface area (Å²) in [6, 6.07) is 7.40. The van der Waals surface area contributed by atoms with Crippen LogP contribution in [0.3, 0.4) is 0 Å². The number of unbranched alkanes of at least 4 members (excludes halogenated alkanes) is 1. The predicted octanol–water partition coefficient (Wildman–Crippen LogP) is 3.71. The van der Waals surface area contributed by atoms with Crippen molar-refractivity contribution in [2.75, 3.05) is 18.5 Å². The molecule has 1 aromatic heterocycles. The number of aromatic nitrogens is 1. The zero-order chi connectivity index (χ0) is 15.9. The number of ether oxygens (including phenoxy) is 1. The monoisotopic (exact) mass is 302 g/mol. The van der Waals surface area contributed by atoms with Gasteiger partial charge in [0.25, 0.3) is 0 Å². The van der Waals surface area contributed by atoms with E-state index in [4.69, 9.17) is 9.15 Å². The Bertz CT molecular complexity index is 598. The quantitative estimate of drug-likeness (QED) is 0.792. The van der Waals surface area contributed by atoms with Gasteiger partial charge in [-0.2, -0.15) is 0 Å². The summed E-state index contributed by atoms with van der Waals surface area (Å²) in [4.78, 5) is 16.1. The zero-order valence-electron chi connectivity index (χ0n) is 13.3. The fraction of sp³-hybridized carbons (Fsp3) is 0.412. The van der Waals surface area contributed by atoms with Crippen molar-refractivity contribution < 1.29 is 13.9 Å². The van der Waals surface area contributed by atoms with Gasteiger partial charge in [0.2, 0.25) is 11.8 Å². The Morgan fingerprint density at radius 2 is 2.00 bits per heavy atom. The molecule has 2 aromatic rings. The van der Waals surface area contributed by atoms with E-state index < -0.39 is 0 Å². The van der Waals surface area contributed by atoms with Crippen LogP contribution in [-0.4, -0.2) is 24.1 Å². The summed E-state index contributed by atoms with van der Waals surface area (Å²) >= 11 is 0. The lowest BCUT2D eigenvalue weighted by Gasteiger charge is -2.06. The van der Waals surface area contributed by atoms with Crippen LogP contribution in [0.25, 0.3) is 11.5 Å². The molecule has 0 saturated carbocycles. The Balaban J connectivity index is 1.90. The SMILES string of the molecule is CCCCOCC(=O)Nc1ccc(-c2nc(C)c(C)o2)cc1. The van der Waals surface area contributed by atoms with E-state index >= 15 is 0 Å². The molecule has 5 nitrogen and oxygen atoms in total. The molecule has 0 atom stereocenters. The molecule has 22 heavy (non-hydrogen) atoms. The van der Waals surface area contributed by atoms with Crippen molar-refractivity contribution in [1.82, 2.24) is 4.98 Å². The molecule has 0 radical (unpaired) electrons. The largest absolute Gasteiger partial charge is 0.441 e. The number of aryl methyl sites for hydroxylation is 2. The minimum Gasteiger partial charge on any atom is -0.441 e. The fourth-order valence-electron chi connectivity index (χ4n) is 1.90. The molecule has 0 aliphatic rings. The van der Waals surface area contributed by atoms with Crippen LogP contribution in [0.4, 0.5) is 5.69 Å². The van der Waals surface area contributed by atoms with Gasteiger partial charge in [0.05, 0.1) is 5.69 Å². The molecule has 118 valence electrons. The highest BCUT2D eigenvalue weighted by molar-refractivity contribution is 5.91. The van der Waals surface area contributed by atoms with Gasteiger partial charge in [0.1, 0.15) is 12.4 Å². The first-order valence-electron chi connectivity index (χ1n) is 7.52. The van der Waals surface area contributed by atoms with Crippen molar-refractivity contribution in [2.45, 2.75) is 33.6 Å². The Kier molecular flexibility index (Phi) is 5.72. The molecule has 1 N–H and O–H groups in total. The topological polar surface area (TPSA) is 64.4 Å². The number of benzene rings is 1. The second-order valence-electron chi connectivity index (χ2n) is 5.19. The van der Waals surface area contributed by atoms with E-state index in [0.29, 0.717) is 12.5 Å². The van der Waals surface area contributed by atoms with Gasteiger partial charge in [-0.05, 0) is 44.5 Å². The lowest BCUT2D eigenvalue weighted by atomic mass is 10.2. The van der Waals surface area contributed by atoms with E-state index in [1.54, 1.807) is 0 Å². The normalized spacial score (nSPS) is 10.7. The first kappa shape index (κ1) is 16.2. The molecule has 0 unspecified atom stereocenters. The standard InChI is InChI=1S/C17H22N2O3/c1-4-5-10-21-11-16(20)19-15-8-6-14(7-9-15)17-18-12(2)13(3)22-17/h6-9H,4-5,10-11H2,1-3H3,(H,19,20). The molecule has 0 aliphatic carbocycles. The fourth-order valence-corrected chi connectivity index (χ4v) is 1.90. The lowest BCUT2D eigenvalue weighted by molar-refractivity contribution is -0.120. The van der Waals surface area contributed by atoms with Crippen molar-refractivity contribution in [3.8, 4) is 11.5 Å². The molecule has 0 aliphatic heterocycles. The molecule has 0 saturated heterocycles. The summed E-state index contributed by atoms with van der Waals surface area (Å²) in [5, 5.41) is 2.80. The molecular weight excluding hydrogens is 280 g/mol. The second-order valence-corrected chi connectivity index (χ2v) is 5.19. The van der Waals surface area contributed by atoms with Gasteiger partial charge < -0.3 is 14.5 Å². The number of oxazole rings is 1. The minimum absolute atomic E-state index is 0.0832. The summed E-state index contributed by atoms with van der Waals surface area (Å²) in [7, 11) is 0. The van der Waals surface area contributed by atoms with Gasteiger partial charge in [0, 0.05) is 17.9 Å². The molecule has 1 amide bonds. The number of nitrogens with zero attached hydrogens (tertiary/aromatic N) is 1. The summed E-state index contributed by atoms with van der Waals surface area (Å²) in [5.41, 5.74) is 2.50. The lowest BCUT2D eigenvalue weighted by Crippen LogP contribution is -2.18. The number of rotatable bonds is 7. The second kappa shape index (κ2) is 7.75. The van der Waals surface area contributed by atoms with Gasteiger partial charge >= 0.3 is 0 Å². The predicted molar refractivity (Wildman–Crippen MR) is 85.8 cm³/mol. The number of hydrogen-bond acceptors (Lipinski definition) is 4. The van der Waals surface area contributed by atoms with Crippen LogP contribution in [0.2, 0.25) is 0 Å². The van der Waals surface area contributed by atoms with Crippen molar-refractivity contribution in [3.05, 3.63) is 35.7 Å². The maximum absolute atomic E-state index is 11.7. The third-order valence-electron chi connectivity index (χ3n) is 3.32. The smallest absolute Gasteiger partial charge is 0.250 e. The Labute approximate surface area is 130 Å². The molecule has 0 spiro atoms. The molecule has 2 rings (SSSR count). The van der Waals surface area contributed by atoms with E-state index in [1.165, 1.54) is 0 Å². The molecule has 0 bridgehead atoms. The number of amides is 1. The summed E-state index contributed by atoms with van der Waals surface area (Å²) in [5.74, 6) is 1.26. The summed E-state index contributed by atoms with van der Waals surface area (Å²) in [6.07, 6.45) is 2.03. The van der Waals surface area contributed by atoms with Crippen LogP contribution in [-0.2, 0) is 9.53 Å². The highest BCUT2D eigenvalue weighted by Gasteiger charge is 2.08. The van der Waals surface area contributed by atoms with Crippen LogP contribution in [0, 0.1) is 13.8 Å². The first-order chi connectivity index (χ1) is 10.6. The van der Waals surface area contributed by atoms with Gasteiger partial charge in [-0.25, -0.2) is 4.98 Å². The summed E-state index contributed by atoms with van der Waals surface area (Å²) in [6.45, 7) is 6.59. The van der Waals surface area contributed by atoms with E-state index in [2.05, 4.69) is 17.2 Å². The number of carbonyl (C=O) groups excluding carboxylic acids is 1. The number of hydrogen-bond donors (Lipinski definition) is 1. The van der Waals surface area contributed by atoms with E-state index in [0.717, 1.165) is 35.5 Å². The van der Waals surface area contributed by atoms with Crippen LogP contribution in [0.1, 0.15) is 31.2 Å². The number of anilines is 1. The molecule has 1 aromatic carbocycles. The maximum Gasteiger partial charge on any atom is 0.250 e. The van der Waals surface area contributed by atoms with E-state index in [9.17, 15) is 4.79 Å². The van der Waals surface area contributed by atoms with Crippen molar-refractivity contribution >= 4 is 11.6 Å². The highest BCUT2D eigenvalue weighted by Crippen LogP contribution is 2.22. The van der Waals surface area contributed by atoms with Crippen molar-refractivity contribution in [3.63, 3.8) is 0 Å². The third-order valence-corrected chi connectivity index (χ3v) is 3.32. The van der Waals surface area contributed by atoms with Crippen LogP contribution in [0.15, 0.2) is 28.7 Å². The van der Waals surface area contributed by atoms with Crippen LogP contribution >= 0.6 is 0 Å². The van der Waals surface area contributed by atoms with E-state index in [-0.39, 0.29) is 12.5 Å². The van der Waals surface area contributed by atoms with Crippen molar-refractivity contribution in [2.24, 2.45) is 0 Å². The zero-order valence-corrected chi connectivity index (χ0v) is 13.3. The Morgan fingerprint density at radius 3 is 2.59 bits per heavy atom. The van der Waals surface area contributed by atoms with Gasteiger partial charge in [-0.15, -0.1) is 0 Å². The third kappa shape index (κ3) is 4.43. The van der Waals surface area contributed by atoms with Gasteiger partial charge in [-0.3, -0.25) is 4.79 Å². The van der Waals surface area contributed by atoms with Crippen LogP contribution in [0.5, 0.6) is 0 Å². The highest BCUT2D eigenvalue weighted by atomic mass is 16.5. The molecule has 1 heterocycles. The van der Waals surface area contributed by atoms with Gasteiger partial charge in [-0.1, -0.05) is 13.3 Å².